The highest BCUT2D eigenvalue weighted by atomic mass is 16.2. The number of hydrogen-bond donors (Lipinski definition) is 1. The Balaban J connectivity index is 1.55. The van der Waals surface area contributed by atoms with E-state index in [4.69, 9.17) is 0 Å². The summed E-state index contributed by atoms with van der Waals surface area (Å²) in [5.41, 5.74) is 1.33. The zero-order valence-electron chi connectivity index (χ0n) is 13.2. The smallest absolute Gasteiger partial charge is 0.262 e. The Hall–Kier alpha value is -3.47. The highest BCUT2D eigenvalue weighted by molar-refractivity contribution is 6.22. The first-order valence-corrected chi connectivity index (χ1v) is 7.88. The van der Waals surface area contributed by atoms with Crippen LogP contribution in [0.4, 0.5) is 5.69 Å². The van der Waals surface area contributed by atoms with E-state index in [2.05, 4.69) is 5.32 Å². The van der Waals surface area contributed by atoms with Crippen LogP contribution < -0.4 is 5.32 Å². The van der Waals surface area contributed by atoms with E-state index < -0.39 is 17.7 Å². The Labute approximate surface area is 143 Å². The lowest BCUT2D eigenvalue weighted by Gasteiger charge is -2.14. The predicted octanol–water partition coefficient (Wildman–Crippen LogP) is 3.07. The average molecular weight is 330 g/mol. The Kier molecular flexibility index (Phi) is 3.54. The van der Waals surface area contributed by atoms with Crippen LogP contribution in [0.15, 0.2) is 66.7 Å². The third-order valence-electron chi connectivity index (χ3n) is 4.24. The van der Waals surface area contributed by atoms with Gasteiger partial charge in [-0.1, -0.05) is 48.5 Å². The predicted molar refractivity (Wildman–Crippen MR) is 94.4 cm³/mol. The number of nitrogens with zero attached hydrogens (tertiary/aromatic N) is 1. The van der Waals surface area contributed by atoms with E-state index in [0.717, 1.165) is 15.7 Å². The maximum Gasteiger partial charge on any atom is 0.262 e. The number of benzene rings is 3. The molecular formula is C20H14N2O3. The number of carbonyl (C=O) groups is 3. The summed E-state index contributed by atoms with van der Waals surface area (Å²) in [6.45, 7) is -0.310. The van der Waals surface area contributed by atoms with Gasteiger partial charge >= 0.3 is 0 Å². The lowest BCUT2D eigenvalue weighted by Crippen LogP contribution is -2.37. The van der Waals surface area contributed by atoms with Crippen molar-refractivity contribution in [2.24, 2.45) is 0 Å². The SMILES string of the molecule is O=C(CN1C(=O)c2ccccc2C1=O)Nc1cccc2ccccc12. The van der Waals surface area contributed by atoms with Crippen LogP contribution in [0.5, 0.6) is 0 Å². The van der Waals surface area contributed by atoms with Crippen LogP contribution in [0.25, 0.3) is 10.8 Å². The van der Waals surface area contributed by atoms with Gasteiger partial charge in [0.05, 0.1) is 11.1 Å². The molecule has 25 heavy (non-hydrogen) atoms. The molecule has 3 amide bonds. The summed E-state index contributed by atoms with van der Waals surface area (Å²) in [6, 6.07) is 19.9. The molecule has 1 N–H and O–H groups in total. The summed E-state index contributed by atoms with van der Waals surface area (Å²) < 4.78 is 0. The molecule has 0 aromatic heterocycles. The fourth-order valence-electron chi connectivity index (χ4n) is 3.05. The molecule has 1 aliphatic rings. The summed E-state index contributed by atoms with van der Waals surface area (Å²) in [5.74, 6) is -1.28. The van der Waals surface area contributed by atoms with Crippen molar-refractivity contribution >= 4 is 34.2 Å². The van der Waals surface area contributed by atoms with Crippen molar-refractivity contribution in [3.63, 3.8) is 0 Å². The van der Waals surface area contributed by atoms with Gasteiger partial charge in [0.15, 0.2) is 0 Å². The first-order valence-electron chi connectivity index (χ1n) is 7.88. The minimum Gasteiger partial charge on any atom is -0.324 e. The highest BCUT2D eigenvalue weighted by Crippen LogP contribution is 2.24. The van der Waals surface area contributed by atoms with E-state index >= 15 is 0 Å². The van der Waals surface area contributed by atoms with Crippen molar-refractivity contribution < 1.29 is 14.4 Å². The molecule has 1 heterocycles. The number of anilines is 1. The summed E-state index contributed by atoms with van der Waals surface area (Å²) in [6.07, 6.45) is 0. The number of amides is 3. The van der Waals surface area contributed by atoms with Crippen LogP contribution >= 0.6 is 0 Å². The van der Waals surface area contributed by atoms with Gasteiger partial charge in [-0.15, -0.1) is 0 Å². The van der Waals surface area contributed by atoms with Gasteiger partial charge in [-0.25, -0.2) is 0 Å². The van der Waals surface area contributed by atoms with E-state index in [1.807, 2.05) is 36.4 Å². The largest absolute Gasteiger partial charge is 0.324 e. The van der Waals surface area contributed by atoms with Crippen molar-refractivity contribution in [2.45, 2.75) is 0 Å². The Morgan fingerprint density at radius 1 is 0.800 bits per heavy atom. The standard InChI is InChI=1S/C20H14N2O3/c23-18(21-17-11-5-7-13-6-1-2-8-14(13)17)12-22-19(24)15-9-3-4-10-16(15)20(22)25/h1-11H,12H2,(H,21,23). The van der Waals surface area contributed by atoms with Gasteiger partial charge in [0.25, 0.3) is 11.8 Å². The first kappa shape index (κ1) is 15.1. The monoisotopic (exact) mass is 330 g/mol. The van der Waals surface area contributed by atoms with Gasteiger partial charge < -0.3 is 5.32 Å². The van der Waals surface area contributed by atoms with Crippen LogP contribution in [-0.2, 0) is 4.79 Å². The van der Waals surface area contributed by atoms with Crippen molar-refractivity contribution in [2.75, 3.05) is 11.9 Å². The van der Waals surface area contributed by atoms with Gasteiger partial charge in [-0.3, -0.25) is 19.3 Å². The van der Waals surface area contributed by atoms with Crippen LogP contribution in [0, 0.1) is 0 Å². The number of hydrogen-bond acceptors (Lipinski definition) is 3. The van der Waals surface area contributed by atoms with Gasteiger partial charge in [0.2, 0.25) is 5.91 Å². The molecule has 5 heteroatoms. The number of nitrogens with one attached hydrogen (secondary N) is 1. The average Bonchev–Trinajstić information content (AvgIpc) is 2.87. The van der Waals surface area contributed by atoms with Crippen LogP contribution in [0.2, 0.25) is 0 Å². The van der Waals surface area contributed by atoms with Crippen molar-refractivity contribution in [1.29, 1.82) is 0 Å². The lowest BCUT2D eigenvalue weighted by atomic mass is 10.1. The molecule has 0 spiro atoms. The number of imide groups is 1. The summed E-state index contributed by atoms with van der Waals surface area (Å²) in [5, 5.41) is 4.70. The first-order chi connectivity index (χ1) is 12.1. The lowest BCUT2D eigenvalue weighted by molar-refractivity contribution is -0.116. The summed E-state index contributed by atoms with van der Waals surface area (Å²) in [7, 11) is 0. The minimum absolute atomic E-state index is 0.310. The second-order valence-corrected chi connectivity index (χ2v) is 5.82. The van der Waals surface area contributed by atoms with Crippen LogP contribution in [0.3, 0.4) is 0 Å². The molecule has 3 aromatic carbocycles. The molecule has 0 radical (unpaired) electrons. The van der Waals surface area contributed by atoms with E-state index in [0.29, 0.717) is 16.8 Å². The number of rotatable bonds is 3. The maximum absolute atomic E-state index is 12.4. The molecule has 0 atom stereocenters. The molecule has 4 rings (SSSR count). The number of fused-ring (bicyclic) bond motifs is 2. The van der Waals surface area contributed by atoms with Gasteiger partial charge in [0, 0.05) is 11.1 Å². The van der Waals surface area contributed by atoms with Gasteiger partial charge in [-0.2, -0.15) is 0 Å². The molecule has 3 aromatic rings. The van der Waals surface area contributed by atoms with Gasteiger partial charge in [0.1, 0.15) is 6.54 Å². The van der Waals surface area contributed by atoms with Crippen molar-refractivity contribution in [3.8, 4) is 0 Å². The molecular weight excluding hydrogens is 316 g/mol. The molecule has 0 fully saturated rings. The topological polar surface area (TPSA) is 66.5 Å². The zero-order valence-corrected chi connectivity index (χ0v) is 13.2. The fourth-order valence-corrected chi connectivity index (χ4v) is 3.05. The molecule has 0 unspecified atom stereocenters. The molecule has 5 nitrogen and oxygen atoms in total. The molecule has 0 aliphatic carbocycles. The minimum atomic E-state index is -0.436. The van der Waals surface area contributed by atoms with Crippen LogP contribution in [-0.4, -0.2) is 29.2 Å². The van der Waals surface area contributed by atoms with E-state index in [1.54, 1.807) is 30.3 Å². The summed E-state index contributed by atoms with van der Waals surface area (Å²) >= 11 is 0. The molecule has 122 valence electrons. The molecule has 1 aliphatic heterocycles. The molecule has 0 bridgehead atoms. The Morgan fingerprint density at radius 3 is 2.12 bits per heavy atom. The normalized spacial score (nSPS) is 13.2. The van der Waals surface area contributed by atoms with E-state index in [9.17, 15) is 14.4 Å². The number of carbonyl (C=O) groups excluding carboxylic acids is 3. The quantitative estimate of drug-likeness (QED) is 0.751. The van der Waals surface area contributed by atoms with E-state index in [-0.39, 0.29) is 6.54 Å². The molecule has 0 saturated heterocycles. The van der Waals surface area contributed by atoms with Crippen molar-refractivity contribution in [3.05, 3.63) is 77.9 Å². The third kappa shape index (κ3) is 2.55. The molecule has 0 saturated carbocycles. The highest BCUT2D eigenvalue weighted by Gasteiger charge is 2.36. The third-order valence-corrected chi connectivity index (χ3v) is 4.24. The second-order valence-electron chi connectivity index (χ2n) is 5.82. The van der Waals surface area contributed by atoms with Crippen molar-refractivity contribution in [1.82, 2.24) is 4.90 Å². The Bertz CT molecular complexity index is 986. The van der Waals surface area contributed by atoms with Gasteiger partial charge in [-0.05, 0) is 23.6 Å². The maximum atomic E-state index is 12.4. The summed E-state index contributed by atoms with van der Waals surface area (Å²) in [4.78, 5) is 38.0. The zero-order chi connectivity index (χ0) is 17.4. The van der Waals surface area contributed by atoms with Crippen LogP contribution in [0.1, 0.15) is 20.7 Å². The second kappa shape index (κ2) is 5.87. The Morgan fingerprint density at radius 2 is 1.40 bits per heavy atom. The fraction of sp³-hybridized carbons (Fsp3) is 0.0500. The van der Waals surface area contributed by atoms with E-state index in [1.165, 1.54) is 0 Å².